The molecule has 2 aromatic rings. The van der Waals surface area contributed by atoms with E-state index in [1.807, 2.05) is 18.2 Å². The number of nitrogens with zero attached hydrogens (tertiary/aromatic N) is 1. The highest BCUT2D eigenvalue weighted by atomic mass is 16.3. The Hall–Kier alpha value is -2.21. The van der Waals surface area contributed by atoms with E-state index >= 15 is 0 Å². The number of carbonyl (C=O) groups excluding carboxylic acids is 1. The molecule has 25 heavy (non-hydrogen) atoms. The van der Waals surface area contributed by atoms with E-state index in [0.717, 1.165) is 32.1 Å². The molecule has 1 heterocycles. The van der Waals surface area contributed by atoms with Crippen LogP contribution >= 0.6 is 0 Å². The number of aryl methyl sites for hydroxylation is 1. The van der Waals surface area contributed by atoms with Crippen molar-refractivity contribution in [1.29, 1.82) is 0 Å². The van der Waals surface area contributed by atoms with Crippen molar-refractivity contribution in [1.82, 2.24) is 15.3 Å². The molecule has 3 rings (SSSR count). The van der Waals surface area contributed by atoms with Crippen LogP contribution in [0, 0.1) is 0 Å². The molecule has 1 aromatic carbocycles. The second-order valence-corrected chi connectivity index (χ2v) is 6.95. The fraction of sp³-hybridized carbons (Fsp3) is 0.526. The van der Waals surface area contributed by atoms with Gasteiger partial charge in [-0.15, -0.1) is 0 Å². The summed E-state index contributed by atoms with van der Waals surface area (Å²) in [6.45, 7) is 0.330. The molecule has 0 spiro atoms. The lowest BCUT2D eigenvalue weighted by Gasteiger charge is -2.32. The Morgan fingerprint density at radius 3 is 2.80 bits per heavy atom. The average Bonchev–Trinajstić information content (AvgIpc) is 2.61. The highest BCUT2D eigenvalue weighted by Crippen LogP contribution is 2.27. The summed E-state index contributed by atoms with van der Waals surface area (Å²) < 4.78 is 0. The molecule has 6 heteroatoms. The van der Waals surface area contributed by atoms with Gasteiger partial charge in [-0.1, -0.05) is 31.4 Å². The zero-order valence-electron chi connectivity index (χ0n) is 14.4. The normalized spacial score (nSPS) is 16.7. The van der Waals surface area contributed by atoms with Crippen LogP contribution in [0.15, 0.2) is 29.1 Å². The van der Waals surface area contributed by atoms with Gasteiger partial charge in [-0.2, -0.15) is 0 Å². The van der Waals surface area contributed by atoms with Gasteiger partial charge >= 0.3 is 0 Å². The number of aromatic nitrogens is 2. The van der Waals surface area contributed by atoms with Crippen LogP contribution in [-0.4, -0.2) is 33.1 Å². The maximum atomic E-state index is 12.0. The van der Waals surface area contributed by atoms with Crippen molar-refractivity contribution >= 4 is 16.8 Å². The molecule has 134 valence electrons. The summed E-state index contributed by atoms with van der Waals surface area (Å²) >= 11 is 0. The molecule has 0 bridgehead atoms. The van der Waals surface area contributed by atoms with Gasteiger partial charge in [0.05, 0.1) is 16.5 Å². The summed E-state index contributed by atoms with van der Waals surface area (Å²) in [5.41, 5.74) is -0.214. The number of para-hydroxylation sites is 1. The molecule has 1 amide bonds. The quantitative estimate of drug-likeness (QED) is 0.748. The van der Waals surface area contributed by atoms with Gasteiger partial charge in [-0.3, -0.25) is 9.59 Å². The number of hydrogen-bond donors (Lipinski definition) is 3. The van der Waals surface area contributed by atoms with Gasteiger partial charge in [0.15, 0.2) is 0 Å². The van der Waals surface area contributed by atoms with Crippen LogP contribution in [0.2, 0.25) is 0 Å². The topological polar surface area (TPSA) is 95.1 Å². The van der Waals surface area contributed by atoms with E-state index in [4.69, 9.17) is 0 Å². The molecule has 3 N–H and O–H groups in total. The predicted molar refractivity (Wildman–Crippen MR) is 96.3 cm³/mol. The Morgan fingerprint density at radius 2 is 2.00 bits per heavy atom. The van der Waals surface area contributed by atoms with Crippen LogP contribution in [0.1, 0.15) is 50.8 Å². The van der Waals surface area contributed by atoms with Crippen molar-refractivity contribution in [2.24, 2.45) is 0 Å². The SMILES string of the molecule is O=C(CCCc1nc2ccccc2c(=O)[nH]1)NCC1(O)CCCCC1. The lowest BCUT2D eigenvalue weighted by atomic mass is 9.85. The molecule has 1 fully saturated rings. The Kier molecular flexibility index (Phi) is 5.48. The second kappa shape index (κ2) is 7.78. The van der Waals surface area contributed by atoms with Gasteiger partial charge in [-0.25, -0.2) is 4.98 Å². The number of aromatic amines is 1. The van der Waals surface area contributed by atoms with Gasteiger partial charge in [0.25, 0.3) is 5.56 Å². The molecule has 0 unspecified atom stereocenters. The first kappa shape index (κ1) is 17.6. The van der Waals surface area contributed by atoms with E-state index in [9.17, 15) is 14.7 Å². The highest BCUT2D eigenvalue weighted by molar-refractivity contribution is 5.77. The molecule has 1 aliphatic carbocycles. The summed E-state index contributed by atoms with van der Waals surface area (Å²) in [4.78, 5) is 31.2. The number of fused-ring (bicyclic) bond motifs is 1. The number of nitrogens with one attached hydrogen (secondary N) is 2. The van der Waals surface area contributed by atoms with E-state index in [1.54, 1.807) is 6.07 Å². The van der Waals surface area contributed by atoms with E-state index in [-0.39, 0.29) is 11.5 Å². The van der Waals surface area contributed by atoms with Gasteiger partial charge in [0.1, 0.15) is 5.82 Å². The van der Waals surface area contributed by atoms with Crippen molar-refractivity contribution in [2.45, 2.75) is 57.0 Å². The van der Waals surface area contributed by atoms with Gasteiger partial charge in [-0.05, 0) is 31.4 Å². The van der Waals surface area contributed by atoms with Crippen LogP contribution in [-0.2, 0) is 11.2 Å². The zero-order valence-corrected chi connectivity index (χ0v) is 14.4. The largest absolute Gasteiger partial charge is 0.388 e. The van der Waals surface area contributed by atoms with Gasteiger partial charge < -0.3 is 15.4 Å². The number of rotatable bonds is 6. The molecular weight excluding hydrogens is 318 g/mol. The Balaban J connectivity index is 1.47. The van der Waals surface area contributed by atoms with Crippen LogP contribution < -0.4 is 10.9 Å². The third-order valence-electron chi connectivity index (χ3n) is 4.88. The minimum absolute atomic E-state index is 0.0675. The number of hydrogen-bond acceptors (Lipinski definition) is 4. The van der Waals surface area contributed by atoms with Gasteiger partial charge in [0, 0.05) is 19.4 Å². The molecule has 0 aliphatic heterocycles. The molecule has 0 saturated heterocycles. The number of benzene rings is 1. The minimum Gasteiger partial charge on any atom is -0.388 e. The maximum Gasteiger partial charge on any atom is 0.258 e. The maximum absolute atomic E-state index is 12.0. The van der Waals surface area contributed by atoms with Crippen LogP contribution in [0.25, 0.3) is 10.9 Å². The zero-order chi connectivity index (χ0) is 17.7. The fourth-order valence-corrected chi connectivity index (χ4v) is 3.41. The standard InChI is InChI=1S/C19H25N3O3/c23-17(20-13-19(25)11-4-1-5-12-19)10-6-9-16-21-15-8-3-2-7-14(15)18(24)22-16/h2-3,7-8,25H,1,4-6,9-13H2,(H,20,23)(H,21,22,24). The summed E-state index contributed by atoms with van der Waals surface area (Å²) in [5, 5.41) is 13.8. The molecule has 1 saturated carbocycles. The Labute approximate surface area is 146 Å². The second-order valence-electron chi connectivity index (χ2n) is 6.95. The van der Waals surface area contributed by atoms with Crippen LogP contribution in [0.3, 0.4) is 0 Å². The van der Waals surface area contributed by atoms with Crippen LogP contribution in [0.5, 0.6) is 0 Å². The Morgan fingerprint density at radius 1 is 1.24 bits per heavy atom. The third kappa shape index (κ3) is 4.66. The lowest BCUT2D eigenvalue weighted by molar-refractivity contribution is -0.122. The molecule has 0 radical (unpaired) electrons. The van der Waals surface area contributed by atoms with Crippen molar-refractivity contribution in [2.75, 3.05) is 6.54 Å². The van der Waals surface area contributed by atoms with E-state index < -0.39 is 5.60 Å². The van der Waals surface area contributed by atoms with Gasteiger partial charge in [0.2, 0.25) is 5.91 Å². The molecule has 1 aliphatic rings. The summed E-state index contributed by atoms with van der Waals surface area (Å²) in [6.07, 6.45) is 6.22. The van der Waals surface area contributed by atoms with E-state index in [0.29, 0.717) is 42.5 Å². The monoisotopic (exact) mass is 343 g/mol. The number of aliphatic hydroxyl groups is 1. The van der Waals surface area contributed by atoms with Crippen LogP contribution in [0.4, 0.5) is 0 Å². The molecule has 6 nitrogen and oxygen atoms in total. The summed E-state index contributed by atoms with van der Waals surface area (Å²) in [5.74, 6) is 0.532. The number of amides is 1. The molecular formula is C19H25N3O3. The third-order valence-corrected chi connectivity index (χ3v) is 4.88. The van der Waals surface area contributed by atoms with Crippen molar-refractivity contribution in [3.05, 3.63) is 40.4 Å². The van der Waals surface area contributed by atoms with Crippen molar-refractivity contribution < 1.29 is 9.90 Å². The fourth-order valence-electron chi connectivity index (χ4n) is 3.41. The number of H-pyrrole nitrogens is 1. The first-order valence-electron chi connectivity index (χ1n) is 9.03. The van der Waals surface area contributed by atoms with Crippen molar-refractivity contribution in [3.8, 4) is 0 Å². The first-order valence-corrected chi connectivity index (χ1v) is 9.03. The van der Waals surface area contributed by atoms with E-state index in [2.05, 4.69) is 15.3 Å². The predicted octanol–water partition coefficient (Wildman–Crippen LogP) is 2.06. The lowest BCUT2D eigenvalue weighted by Crippen LogP contribution is -2.44. The first-order chi connectivity index (χ1) is 12.1. The average molecular weight is 343 g/mol. The molecule has 0 atom stereocenters. The summed E-state index contributed by atoms with van der Waals surface area (Å²) in [6, 6.07) is 7.21. The molecule has 1 aromatic heterocycles. The van der Waals surface area contributed by atoms with E-state index in [1.165, 1.54) is 0 Å². The van der Waals surface area contributed by atoms with Crippen molar-refractivity contribution in [3.63, 3.8) is 0 Å². The minimum atomic E-state index is -0.737. The number of carbonyl (C=O) groups is 1. The highest BCUT2D eigenvalue weighted by Gasteiger charge is 2.29. The Bertz CT molecular complexity index is 794. The smallest absolute Gasteiger partial charge is 0.258 e. The summed E-state index contributed by atoms with van der Waals surface area (Å²) in [7, 11) is 0.